The third kappa shape index (κ3) is 0.964. The van der Waals surface area contributed by atoms with Crippen molar-refractivity contribution in [3.8, 4) is 0 Å². The number of hydrogen-bond donors (Lipinski definition) is 1. The van der Waals surface area contributed by atoms with Crippen LogP contribution in [0.1, 0.15) is 6.42 Å². The van der Waals surface area contributed by atoms with Crippen molar-refractivity contribution in [2.45, 2.75) is 6.42 Å². The molecule has 0 bridgehead atoms. The topological polar surface area (TPSA) is 38.4 Å². The Labute approximate surface area is 48.4 Å². The molecule has 0 aliphatic heterocycles. The van der Waals surface area contributed by atoms with Gasteiger partial charge in [-0.15, -0.1) is 0 Å². The molecule has 0 saturated heterocycles. The fourth-order valence-corrected chi connectivity index (χ4v) is 0.598. The zero-order chi connectivity index (χ0) is 5.82. The standard InChI is InChI=1S/C6H8N2/c7-8-6-4-2-1-3-5-6/h2-5H,1,7H2. The highest BCUT2D eigenvalue weighted by Gasteiger charge is 1.88. The van der Waals surface area contributed by atoms with Gasteiger partial charge in [-0.3, -0.25) is 0 Å². The van der Waals surface area contributed by atoms with E-state index in [0.29, 0.717) is 0 Å². The predicted molar refractivity (Wildman–Crippen MR) is 34.5 cm³/mol. The van der Waals surface area contributed by atoms with E-state index in [4.69, 9.17) is 5.84 Å². The van der Waals surface area contributed by atoms with E-state index in [0.717, 1.165) is 12.1 Å². The number of hydrogen-bond acceptors (Lipinski definition) is 2. The minimum absolute atomic E-state index is 0.844. The summed E-state index contributed by atoms with van der Waals surface area (Å²) in [7, 11) is 0. The zero-order valence-electron chi connectivity index (χ0n) is 4.54. The Bertz CT molecular complexity index is 140. The van der Waals surface area contributed by atoms with E-state index in [1.807, 2.05) is 24.3 Å². The van der Waals surface area contributed by atoms with Crippen LogP contribution in [0, 0.1) is 0 Å². The molecular weight excluding hydrogens is 100 g/mol. The molecule has 0 aromatic rings. The molecule has 0 fully saturated rings. The van der Waals surface area contributed by atoms with E-state index < -0.39 is 0 Å². The van der Waals surface area contributed by atoms with Crippen molar-refractivity contribution in [1.82, 2.24) is 0 Å². The number of nitrogens with zero attached hydrogens (tertiary/aromatic N) is 1. The van der Waals surface area contributed by atoms with Crippen molar-refractivity contribution in [2.24, 2.45) is 10.9 Å². The molecule has 1 rings (SSSR count). The van der Waals surface area contributed by atoms with Crippen LogP contribution in [0.25, 0.3) is 0 Å². The summed E-state index contributed by atoms with van der Waals surface area (Å²) >= 11 is 0. The van der Waals surface area contributed by atoms with Crippen LogP contribution in [0.3, 0.4) is 0 Å². The van der Waals surface area contributed by atoms with Crippen molar-refractivity contribution in [1.29, 1.82) is 0 Å². The Balaban J connectivity index is 2.69. The minimum Gasteiger partial charge on any atom is -0.323 e. The summed E-state index contributed by atoms with van der Waals surface area (Å²) in [5, 5.41) is 3.49. The lowest BCUT2D eigenvalue weighted by Gasteiger charge is -1.93. The van der Waals surface area contributed by atoms with Gasteiger partial charge >= 0.3 is 0 Å². The third-order valence-electron chi connectivity index (χ3n) is 0.998. The van der Waals surface area contributed by atoms with Crippen LogP contribution in [0.4, 0.5) is 0 Å². The highest BCUT2D eigenvalue weighted by Crippen LogP contribution is 1.95. The Morgan fingerprint density at radius 1 is 1.38 bits per heavy atom. The third-order valence-corrected chi connectivity index (χ3v) is 0.998. The van der Waals surface area contributed by atoms with Gasteiger partial charge in [-0.2, -0.15) is 5.10 Å². The van der Waals surface area contributed by atoms with E-state index in [2.05, 4.69) is 5.10 Å². The van der Waals surface area contributed by atoms with Gasteiger partial charge in [0.1, 0.15) is 0 Å². The molecule has 2 heteroatoms. The second-order valence-electron chi connectivity index (χ2n) is 1.59. The van der Waals surface area contributed by atoms with Gasteiger partial charge in [0.05, 0.1) is 5.71 Å². The number of hydrazone groups is 1. The maximum Gasteiger partial charge on any atom is 0.0820 e. The van der Waals surface area contributed by atoms with Crippen LogP contribution < -0.4 is 5.84 Å². The molecule has 0 saturated carbocycles. The summed E-state index contributed by atoms with van der Waals surface area (Å²) < 4.78 is 0. The van der Waals surface area contributed by atoms with E-state index in [1.165, 1.54) is 0 Å². The van der Waals surface area contributed by atoms with Crippen molar-refractivity contribution in [2.75, 3.05) is 0 Å². The average molecular weight is 108 g/mol. The molecule has 0 spiro atoms. The van der Waals surface area contributed by atoms with Crippen LogP contribution in [0.15, 0.2) is 29.4 Å². The summed E-state index contributed by atoms with van der Waals surface area (Å²) in [6.07, 6.45) is 8.84. The number of allylic oxidation sites excluding steroid dienone is 4. The molecular formula is C6H8N2. The Hall–Kier alpha value is -1.05. The molecule has 1 aliphatic rings. The molecule has 42 valence electrons. The molecule has 0 radical (unpaired) electrons. The summed E-state index contributed by atoms with van der Waals surface area (Å²) in [6.45, 7) is 0. The highest BCUT2D eigenvalue weighted by atomic mass is 15.1. The van der Waals surface area contributed by atoms with E-state index in [-0.39, 0.29) is 0 Å². The Morgan fingerprint density at radius 2 is 2.00 bits per heavy atom. The van der Waals surface area contributed by atoms with Crippen molar-refractivity contribution in [3.05, 3.63) is 24.3 Å². The van der Waals surface area contributed by atoms with Crippen molar-refractivity contribution >= 4 is 5.71 Å². The van der Waals surface area contributed by atoms with Crippen LogP contribution in [-0.2, 0) is 0 Å². The molecule has 0 atom stereocenters. The first-order valence-electron chi connectivity index (χ1n) is 2.54. The van der Waals surface area contributed by atoms with Gasteiger partial charge in [0.15, 0.2) is 0 Å². The lowest BCUT2D eigenvalue weighted by molar-refractivity contribution is 1.24. The van der Waals surface area contributed by atoms with E-state index in [9.17, 15) is 0 Å². The molecule has 0 amide bonds. The van der Waals surface area contributed by atoms with Gasteiger partial charge < -0.3 is 5.84 Å². The van der Waals surface area contributed by atoms with Crippen LogP contribution in [0.2, 0.25) is 0 Å². The average Bonchev–Trinajstić information content (AvgIpc) is 1.90. The van der Waals surface area contributed by atoms with Crippen LogP contribution in [-0.4, -0.2) is 5.71 Å². The molecule has 1 aliphatic carbocycles. The lowest BCUT2D eigenvalue weighted by atomic mass is 10.2. The number of rotatable bonds is 0. The first-order valence-corrected chi connectivity index (χ1v) is 2.54. The fourth-order valence-electron chi connectivity index (χ4n) is 0.598. The van der Waals surface area contributed by atoms with Gasteiger partial charge in [-0.25, -0.2) is 0 Å². The summed E-state index contributed by atoms with van der Waals surface area (Å²) in [4.78, 5) is 0. The first kappa shape index (κ1) is 5.09. The summed E-state index contributed by atoms with van der Waals surface area (Å²) in [6, 6.07) is 0. The summed E-state index contributed by atoms with van der Waals surface area (Å²) in [5.41, 5.74) is 0.844. The Morgan fingerprint density at radius 3 is 2.38 bits per heavy atom. The monoisotopic (exact) mass is 108 g/mol. The predicted octanol–water partition coefficient (Wildman–Crippen LogP) is 0.817. The van der Waals surface area contributed by atoms with E-state index in [1.54, 1.807) is 0 Å². The summed E-state index contributed by atoms with van der Waals surface area (Å²) in [5.74, 6) is 4.99. The number of nitrogens with two attached hydrogens (primary N) is 1. The lowest BCUT2D eigenvalue weighted by Crippen LogP contribution is -1.95. The molecule has 0 aromatic carbocycles. The van der Waals surface area contributed by atoms with Gasteiger partial charge in [-0.05, 0) is 18.6 Å². The van der Waals surface area contributed by atoms with E-state index >= 15 is 0 Å². The second-order valence-corrected chi connectivity index (χ2v) is 1.59. The molecule has 2 nitrogen and oxygen atoms in total. The van der Waals surface area contributed by atoms with Crippen molar-refractivity contribution in [3.63, 3.8) is 0 Å². The largest absolute Gasteiger partial charge is 0.323 e. The quantitative estimate of drug-likeness (QED) is 0.362. The van der Waals surface area contributed by atoms with Gasteiger partial charge in [-0.1, -0.05) is 12.2 Å². The smallest absolute Gasteiger partial charge is 0.0820 e. The van der Waals surface area contributed by atoms with Gasteiger partial charge in [0.2, 0.25) is 0 Å². The van der Waals surface area contributed by atoms with Gasteiger partial charge in [0, 0.05) is 0 Å². The fraction of sp³-hybridized carbons (Fsp3) is 0.167. The van der Waals surface area contributed by atoms with Crippen molar-refractivity contribution < 1.29 is 0 Å². The van der Waals surface area contributed by atoms with Crippen LogP contribution in [0.5, 0.6) is 0 Å². The minimum atomic E-state index is 0.844. The molecule has 0 heterocycles. The maximum absolute atomic E-state index is 4.99. The SMILES string of the molecule is NN=C1C=CCC=C1. The molecule has 0 aromatic heterocycles. The Kier molecular flexibility index (Phi) is 1.47. The molecule has 0 unspecified atom stereocenters. The highest BCUT2D eigenvalue weighted by molar-refractivity contribution is 6.04. The zero-order valence-corrected chi connectivity index (χ0v) is 4.54. The van der Waals surface area contributed by atoms with Gasteiger partial charge in [0.25, 0.3) is 0 Å². The first-order chi connectivity index (χ1) is 3.93. The normalized spacial score (nSPS) is 16.8. The second kappa shape index (κ2) is 2.31. The molecule has 2 N–H and O–H groups in total. The maximum atomic E-state index is 4.99. The molecule has 8 heavy (non-hydrogen) atoms. The van der Waals surface area contributed by atoms with Crippen LogP contribution >= 0.6 is 0 Å².